The van der Waals surface area contributed by atoms with Gasteiger partial charge in [-0.05, 0) is 73.2 Å². The minimum absolute atomic E-state index is 0.153. The Hall–Kier alpha value is -4.13. The highest BCUT2D eigenvalue weighted by Crippen LogP contribution is 2.23. The lowest BCUT2D eigenvalue weighted by Gasteiger charge is -2.16. The monoisotopic (exact) mass is 417 g/mol. The van der Waals surface area contributed by atoms with Crippen molar-refractivity contribution >= 4 is 23.4 Å². The summed E-state index contributed by atoms with van der Waals surface area (Å²) in [7, 11) is 0. The number of primary amides is 1. The zero-order valence-electron chi connectivity index (χ0n) is 17.2. The zero-order valence-corrected chi connectivity index (χ0v) is 17.2. The van der Waals surface area contributed by atoms with Crippen molar-refractivity contribution in [1.82, 2.24) is 5.32 Å². The van der Waals surface area contributed by atoms with Crippen molar-refractivity contribution in [2.45, 2.75) is 19.9 Å². The molecule has 7 heteroatoms. The van der Waals surface area contributed by atoms with Crippen LogP contribution in [-0.2, 0) is 4.79 Å². The van der Waals surface area contributed by atoms with Crippen molar-refractivity contribution in [2.24, 2.45) is 5.73 Å². The second kappa shape index (κ2) is 9.58. The third-order valence-electron chi connectivity index (χ3n) is 4.55. The Kier molecular flexibility index (Phi) is 6.67. The van der Waals surface area contributed by atoms with Crippen LogP contribution in [0, 0.1) is 0 Å². The van der Waals surface area contributed by atoms with Crippen molar-refractivity contribution < 1.29 is 19.1 Å². The van der Waals surface area contributed by atoms with Gasteiger partial charge in [0.1, 0.15) is 11.5 Å². The van der Waals surface area contributed by atoms with Crippen molar-refractivity contribution in [2.75, 3.05) is 5.32 Å². The van der Waals surface area contributed by atoms with E-state index in [1.54, 1.807) is 54.6 Å². The molecule has 3 aromatic carbocycles. The van der Waals surface area contributed by atoms with E-state index in [-0.39, 0.29) is 17.9 Å². The standard InChI is InChI=1S/C24H23N3O4/c1-15(19-4-3-5-20(14-19)27-16(2)28)26-24(30)18-8-12-22(13-9-18)31-21-10-6-17(7-11-21)23(25)29/h3-15H,1-2H3,(H2,25,29)(H,26,30)(H,27,28). The molecule has 3 aromatic rings. The number of anilines is 1. The quantitative estimate of drug-likeness (QED) is 0.539. The van der Waals surface area contributed by atoms with Crippen LogP contribution in [0.4, 0.5) is 5.69 Å². The Morgan fingerprint density at radius 2 is 1.45 bits per heavy atom. The third kappa shape index (κ3) is 5.93. The summed E-state index contributed by atoms with van der Waals surface area (Å²) in [6, 6.07) is 20.3. The molecule has 0 aromatic heterocycles. The van der Waals surface area contributed by atoms with Crippen molar-refractivity contribution in [3.05, 3.63) is 89.5 Å². The second-order valence-corrected chi connectivity index (χ2v) is 7.02. The molecule has 0 radical (unpaired) electrons. The van der Waals surface area contributed by atoms with Gasteiger partial charge in [-0.25, -0.2) is 0 Å². The number of carbonyl (C=O) groups is 3. The van der Waals surface area contributed by atoms with Crippen molar-refractivity contribution in [1.29, 1.82) is 0 Å². The molecule has 0 heterocycles. The highest BCUT2D eigenvalue weighted by molar-refractivity contribution is 5.94. The maximum Gasteiger partial charge on any atom is 0.251 e. The molecule has 3 rings (SSSR count). The van der Waals surface area contributed by atoms with Crippen LogP contribution >= 0.6 is 0 Å². The average molecular weight is 417 g/mol. The number of hydrogen-bond donors (Lipinski definition) is 3. The number of nitrogens with one attached hydrogen (secondary N) is 2. The number of ether oxygens (including phenoxy) is 1. The van der Waals surface area contributed by atoms with Gasteiger partial charge in [-0.15, -0.1) is 0 Å². The van der Waals surface area contributed by atoms with Crippen LogP contribution in [0.2, 0.25) is 0 Å². The molecule has 4 N–H and O–H groups in total. The largest absolute Gasteiger partial charge is 0.457 e. The van der Waals surface area contributed by atoms with Crippen LogP contribution in [0.5, 0.6) is 11.5 Å². The van der Waals surface area contributed by atoms with E-state index < -0.39 is 5.91 Å². The Labute approximate surface area is 180 Å². The van der Waals surface area contributed by atoms with E-state index in [1.807, 2.05) is 25.1 Å². The maximum atomic E-state index is 12.6. The second-order valence-electron chi connectivity index (χ2n) is 7.02. The number of benzene rings is 3. The number of carbonyl (C=O) groups excluding carboxylic acids is 3. The van der Waals surface area contributed by atoms with Gasteiger partial charge in [0.05, 0.1) is 6.04 Å². The van der Waals surface area contributed by atoms with E-state index in [9.17, 15) is 14.4 Å². The normalized spacial score (nSPS) is 11.3. The highest BCUT2D eigenvalue weighted by atomic mass is 16.5. The average Bonchev–Trinajstić information content (AvgIpc) is 2.74. The van der Waals surface area contributed by atoms with Crippen LogP contribution in [0.15, 0.2) is 72.8 Å². The fourth-order valence-electron chi connectivity index (χ4n) is 2.95. The predicted molar refractivity (Wildman–Crippen MR) is 118 cm³/mol. The van der Waals surface area contributed by atoms with Gasteiger partial charge >= 0.3 is 0 Å². The Morgan fingerprint density at radius 1 is 0.871 bits per heavy atom. The van der Waals surface area contributed by atoms with Gasteiger partial charge in [-0.1, -0.05) is 12.1 Å². The minimum atomic E-state index is -0.502. The molecule has 0 saturated heterocycles. The molecule has 0 saturated carbocycles. The summed E-state index contributed by atoms with van der Waals surface area (Å²) in [5, 5.41) is 5.67. The van der Waals surface area contributed by atoms with Crippen LogP contribution < -0.4 is 21.1 Å². The topological polar surface area (TPSA) is 111 Å². The van der Waals surface area contributed by atoms with Crippen LogP contribution in [0.25, 0.3) is 0 Å². The van der Waals surface area contributed by atoms with Crippen molar-refractivity contribution in [3.63, 3.8) is 0 Å². The molecule has 0 fully saturated rings. The first kappa shape index (κ1) is 21.6. The van der Waals surface area contributed by atoms with E-state index in [0.717, 1.165) is 5.56 Å². The number of nitrogens with two attached hydrogens (primary N) is 1. The Morgan fingerprint density at radius 3 is 2.00 bits per heavy atom. The lowest BCUT2D eigenvalue weighted by molar-refractivity contribution is -0.114. The molecule has 31 heavy (non-hydrogen) atoms. The summed E-state index contributed by atoms with van der Waals surface area (Å²) >= 11 is 0. The van der Waals surface area contributed by atoms with E-state index in [4.69, 9.17) is 10.5 Å². The first-order valence-corrected chi connectivity index (χ1v) is 9.68. The van der Waals surface area contributed by atoms with Crippen LogP contribution in [0.3, 0.4) is 0 Å². The molecule has 158 valence electrons. The fraction of sp³-hybridized carbons (Fsp3) is 0.125. The smallest absolute Gasteiger partial charge is 0.251 e. The first-order chi connectivity index (χ1) is 14.8. The van der Waals surface area contributed by atoms with Gasteiger partial charge < -0.3 is 21.1 Å². The molecule has 0 bridgehead atoms. The number of hydrogen-bond acceptors (Lipinski definition) is 4. The van der Waals surface area contributed by atoms with Crippen molar-refractivity contribution in [3.8, 4) is 11.5 Å². The lowest BCUT2D eigenvalue weighted by Crippen LogP contribution is -2.26. The predicted octanol–water partition coefficient (Wildman–Crippen LogP) is 4.03. The van der Waals surface area contributed by atoms with Crippen LogP contribution in [-0.4, -0.2) is 17.7 Å². The van der Waals surface area contributed by atoms with E-state index in [2.05, 4.69) is 10.6 Å². The van der Waals surface area contributed by atoms with Gasteiger partial charge in [0.25, 0.3) is 5.91 Å². The minimum Gasteiger partial charge on any atom is -0.457 e. The zero-order chi connectivity index (χ0) is 22.4. The van der Waals surface area contributed by atoms with Crippen LogP contribution in [0.1, 0.15) is 46.2 Å². The molecule has 3 amide bonds. The van der Waals surface area contributed by atoms with Gasteiger partial charge in [0, 0.05) is 23.7 Å². The SMILES string of the molecule is CC(=O)Nc1cccc(C(C)NC(=O)c2ccc(Oc3ccc(C(N)=O)cc3)cc2)c1. The Bertz CT molecular complexity index is 1090. The van der Waals surface area contributed by atoms with E-state index >= 15 is 0 Å². The third-order valence-corrected chi connectivity index (χ3v) is 4.55. The molecule has 0 aliphatic carbocycles. The first-order valence-electron chi connectivity index (χ1n) is 9.68. The summed E-state index contributed by atoms with van der Waals surface area (Å²) in [6.45, 7) is 3.32. The number of rotatable bonds is 7. The Balaban J connectivity index is 1.62. The van der Waals surface area contributed by atoms with Gasteiger partial charge in [-0.3, -0.25) is 14.4 Å². The fourth-order valence-corrected chi connectivity index (χ4v) is 2.95. The summed E-state index contributed by atoms with van der Waals surface area (Å²) in [4.78, 5) is 35.0. The highest BCUT2D eigenvalue weighted by Gasteiger charge is 2.12. The molecule has 0 aliphatic heterocycles. The maximum absolute atomic E-state index is 12.6. The molecule has 1 unspecified atom stereocenters. The summed E-state index contributed by atoms with van der Waals surface area (Å²) in [5.74, 6) is 0.224. The van der Waals surface area contributed by atoms with Gasteiger partial charge in [-0.2, -0.15) is 0 Å². The summed E-state index contributed by atoms with van der Waals surface area (Å²) in [6.07, 6.45) is 0. The molecule has 1 atom stereocenters. The van der Waals surface area contributed by atoms with E-state index in [0.29, 0.717) is 28.3 Å². The summed E-state index contributed by atoms with van der Waals surface area (Å²) < 4.78 is 5.72. The van der Waals surface area contributed by atoms with E-state index in [1.165, 1.54) is 6.92 Å². The molecule has 0 spiro atoms. The lowest BCUT2D eigenvalue weighted by atomic mass is 10.1. The molecule has 0 aliphatic rings. The number of amides is 3. The molecule has 7 nitrogen and oxygen atoms in total. The van der Waals surface area contributed by atoms with Gasteiger partial charge in [0.15, 0.2) is 0 Å². The molecular weight excluding hydrogens is 394 g/mol. The molecular formula is C24H23N3O4. The van der Waals surface area contributed by atoms with Gasteiger partial charge in [0.2, 0.25) is 11.8 Å². The summed E-state index contributed by atoms with van der Waals surface area (Å²) in [5.41, 5.74) is 7.66.